The Morgan fingerprint density at radius 3 is 2.44 bits per heavy atom. The van der Waals surface area contributed by atoms with Crippen molar-refractivity contribution in [3.63, 3.8) is 0 Å². The lowest BCUT2D eigenvalue weighted by Crippen LogP contribution is -2.49. The Labute approximate surface area is 158 Å². The Bertz CT molecular complexity index is 808. The highest BCUT2D eigenvalue weighted by molar-refractivity contribution is 7.96. The van der Waals surface area contributed by atoms with Crippen LogP contribution in [0.3, 0.4) is 0 Å². The molecule has 0 bridgehead atoms. The smallest absolute Gasteiger partial charge is 0.129 e. The molecule has 0 aromatic heterocycles. The zero-order valence-electron chi connectivity index (χ0n) is 15.1. The normalized spacial score (nSPS) is 37.3. The molecule has 27 heavy (non-hydrogen) atoms. The van der Waals surface area contributed by atoms with E-state index in [4.69, 9.17) is 15.6 Å². The molecule has 3 aliphatic heterocycles. The number of hydrogen-bond donors (Lipinski definition) is 2. The highest BCUT2D eigenvalue weighted by Crippen LogP contribution is 2.37. The van der Waals surface area contributed by atoms with Gasteiger partial charge in [0, 0.05) is 43.8 Å². The number of benzene rings is 1. The number of halogens is 2. The minimum atomic E-state index is -2.64. The molecule has 0 saturated carbocycles. The van der Waals surface area contributed by atoms with E-state index in [1.165, 1.54) is 0 Å². The fraction of sp³-hybridized carbons (Fsp3) is 0.611. The predicted octanol–water partition coefficient (Wildman–Crippen LogP) is 0.491. The lowest BCUT2D eigenvalue weighted by Gasteiger charge is -2.39. The fourth-order valence-electron chi connectivity index (χ4n) is 4.69. The van der Waals surface area contributed by atoms with Crippen molar-refractivity contribution in [1.82, 2.24) is 9.21 Å². The Hall–Kier alpha value is -1.10. The number of likely N-dealkylation sites (tertiary alicyclic amines) is 1. The van der Waals surface area contributed by atoms with E-state index in [0.717, 1.165) is 31.3 Å². The van der Waals surface area contributed by atoms with E-state index >= 15 is 0 Å². The molecule has 3 saturated heterocycles. The van der Waals surface area contributed by atoms with Gasteiger partial charge in [-0.05, 0) is 42.3 Å². The second-order valence-corrected chi connectivity index (χ2v) is 9.88. The van der Waals surface area contributed by atoms with Crippen LogP contribution in [-0.2, 0) is 14.6 Å². The van der Waals surface area contributed by atoms with Crippen LogP contribution in [0, 0.1) is 23.5 Å². The Balaban J connectivity index is 1.38. The molecule has 0 aliphatic carbocycles. The maximum Gasteiger partial charge on any atom is 0.129 e. The summed E-state index contributed by atoms with van der Waals surface area (Å²) in [5, 5.41) is 5.67. The van der Waals surface area contributed by atoms with Gasteiger partial charge >= 0.3 is 0 Å². The molecule has 4 N–H and O–H groups in total. The number of nitrogens with two attached hydrogens (primary N) is 2. The van der Waals surface area contributed by atoms with Gasteiger partial charge in [-0.15, -0.1) is 0 Å². The highest BCUT2D eigenvalue weighted by atomic mass is 32.2. The lowest BCUT2D eigenvalue weighted by atomic mass is 9.93. The van der Waals surface area contributed by atoms with E-state index in [1.54, 1.807) is 4.31 Å². The molecule has 3 fully saturated rings. The van der Waals surface area contributed by atoms with Crippen LogP contribution in [0.2, 0.25) is 0 Å². The second kappa shape index (κ2) is 7.06. The zero-order chi connectivity index (χ0) is 19.3. The van der Waals surface area contributed by atoms with Crippen molar-refractivity contribution in [3.8, 4) is 0 Å². The van der Waals surface area contributed by atoms with Gasteiger partial charge in [0.25, 0.3) is 0 Å². The summed E-state index contributed by atoms with van der Waals surface area (Å²) in [6, 6.07) is 3.11. The molecule has 1 aromatic rings. The molecule has 150 valence electrons. The summed E-state index contributed by atoms with van der Waals surface area (Å²) in [5.74, 6) is 3.40. The summed E-state index contributed by atoms with van der Waals surface area (Å²) in [6.07, 6.45) is 0.0230. The maximum atomic E-state index is 14.1. The second-order valence-electron chi connectivity index (χ2n) is 7.98. The monoisotopic (exact) mass is 400 g/mol. The van der Waals surface area contributed by atoms with Crippen molar-refractivity contribution >= 4 is 15.8 Å². The molecule has 1 aromatic carbocycles. The van der Waals surface area contributed by atoms with E-state index in [-0.39, 0.29) is 11.6 Å². The summed E-state index contributed by atoms with van der Waals surface area (Å²) in [6.45, 7) is 3.56. The number of hydrogen-bond acceptors (Lipinski definition) is 4. The van der Waals surface area contributed by atoms with Gasteiger partial charge in [0.1, 0.15) is 17.7 Å². The van der Waals surface area contributed by atoms with Crippen LogP contribution in [0.5, 0.6) is 0 Å². The minimum absolute atomic E-state index is 0.147. The van der Waals surface area contributed by atoms with Crippen molar-refractivity contribution in [2.75, 3.05) is 32.8 Å². The minimum Gasteiger partial charge on any atom is -0.370 e. The maximum absolute atomic E-state index is 14.1. The van der Waals surface area contributed by atoms with Gasteiger partial charge in [-0.2, -0.15) is 0 Å². The molecule has 6 nitrogen and oxygen atoms in total. The summed E-state index contributed by atoms with van der Waals surface area (Å²) in [7, 11) is -2.64. The van der Waals surface area contributed by atoms with Gasteiger partial charge in [0.15, 0.2) is 0 Å². The topological polar surface area (TPSA) is 84.8 Å². The van der Waals surface area contributed by atoms with Gasteiger partial charge in [-0.1, -0.05) is 0 Å². The molecule has 3 unspecified atom stereocenters. The molecule has 0 amide bonds. The molecular formula is C18H26F2N4O2S. The van der Waals surface area contributed by atoms with E-state index in [2.05, 4.69) is 10.8 Å². The first kappa shape index (κ1) is 19.2. The Morgan fingerprint density at radius 1 is 1.19 bits per heavy atom. The van der Waals surface area contributed by atoms with Gasteiger partial charge in [-0.3, -0.25) is 4.90 Å². The van der Waals surface area contributed by atoms with Crippen LogP contribution in [0.15, 0.2) is 18.2 Å². The van der Waals surface area contributed by atoms with Crippen molar-refractivity contribution < 1.29 is 17.7 Å². The number of nitrogens with zero attached hydrogens (tertiary/aromatic N) is 2. The number of fused-ring (bicyclic) bond motifs is 1. The summed E-state index contributed by atoms with van der Waals surface area (Å²) >= 11 is 0. The van der Waals surface area contributed by atoms with E-state index in [0.29, 0.717) is 38.0 Å². The van der Waals surface area contributed by atoms with Gasteiger partial charge in [-0.25, -0.2) is 22.4 Å². The third-order valence-corrected chi connectivity index (χ3v) is 7.27. The molecule has 9 heteroatoms. The van der Waals surface area contributed by atoms with Crippen LogP contribution >= 0.6 is 0 Å². The molecule has 3 aliphatic rings. The average Bonchev–Trinajstić information content (AvgIpc) is 3.16. The standard InChI is InChI=1S/C18H26F2N4O2S/c1-27(22,25)24-8-11-6-23(7-12(11)9-24)14-5-17(21)18(26-10-14)15-4-13(19)2-3-16(15)20/h2-4,11-12,14,17-18H,1,5-10,21H2,(H2,22,25)/t11?,12?,14-,17+,18-,27?/m1/s1. The van der Waals surface area contributed by atoms with Crippen LogP contribution in [0.25, 0.3) is 0 Å². The summed E-state index contributed by atoms with van der Waals surface area (Å²) < 4.78 is 47.2. The molecule has 0 radical (unpaired) electrons. The van der Waals surface area contributed by atoms with E-state index < -0.39 is 33.7 Å². The van der Waals surface area contributed by atoms with Gasteiger partial charge in [0.05, 0.1) is 16.5 Å². The first-order valence-corrected chi connectivity index (χ1v) is 10.9. The van der Waals surface area contributed by atoms with Crippen molar-refractivity contribution in [1.29, 1.82) is 0 Å². The zero-order valence-corrected chi connectivity index (χ0v) is 15.9. The average molecular weight is 400 g/mol. The lowest BCUT2D eigenvalue weighted by molar-refractivity contribution is -0.0485. The largest absolute Gasteiger partial charge is 0.370 e. The van der Waals surface area contributed by atoms with Crippen molar-refractivity contribution in [3.05, 3.63) is 35.4 Å². The molecular weight excluding hydrogens is 374 g/mol. The van der Waals surface area contributed by atoms with Crippen LogP contribution in [0.4, 0.5) is 8.78 Å². The van der Waals surface area contributed by atoms with Crippen molar-refractivity contribution in [2.24, 2.45) is 22.7 Å². The van der Waals surface area contributed by atoms with E-state index in [1.807, 2.05) is 0 Å². The molecule has 4 rings (SSSR count). The van der Waals surface area contributed by atoms with Crippen molar-refractivity contribution in [2.45, 2.75) is 24.6 Å². The third-order valence-electron chi connectivity index (χ3n) is 6.10. The molecule has 6 atom stereocenters. The van der Waals surface area contributed by atoms with Crippen LogP contribution in [-0.4, -0.2) is 64.2 Å². The third kappa shape index (κ3) is 3.76. The van der Waals surface area contributed by atoms with E-state index in [9.17, 15) is 13.0 Å². The molecule has 0 spiro atoms. The van der Waals surface area contributed by atoms with Crippen LogP contribution < -0.4 is 10.9 Å². The summed E-state index contributed by atoms with van der Waals surface area (Å²) in [5.41, 5.74) is 6.45. The highest BCUT2D eigenvalue weighted by Gasteiger charge is 2.45. The van der Waals surface area contributed by atoms with Gasteiger partial charge < -0.3 is 10.5 Å². The summed E-state index contributed by atoms with van der Waals surface area (Å²) in [4.78, 5) is 2.35. The van der Waals surface area contributed by atoms with Crippen LogP contribution in [0.1, 0.15) is 18.1 Å². The predicted molar refractivity (Wildman–Crippen MR) is 101 cm³/mol. The SMILES string of the molecule is C=S(N)(=O)N1CC2CN([C@H]3CO[C@H](c4cc(F)ccc4F)[C@@H](N)C3)CC2C1. The Kier molecular flexibility index (Phi) is 5.02. The Morgan fingerprint density at radius 2 is 1.85 bits per heavy atom. The number of rotatable bonds is 3. The first-order chi connectivity index (χ1) is 12.7. The van der Waals surface area contributed by atoms with Gasteiger partial charge in [0.2, 0.25) is 0 Å². The fourth-order valence-corrected chi connectivity index (χ4v) is 5.58. The quantitative estimate of drug-likeness (QED) is 0.724. The first-order valence-electron chi connectivity index (χ1n) is 9.18. The molecule has 3 heterocycles. The number of ether oxygens (including phenoxy) is 1.